The monoisotopic (exact) mass is 297 g/mol. The van der Waals surface area contributed by atoms with Crippen LogP contribution in [0.1, 0.15) is 23.7 Å². The van der Waals surface area contributed by atoms with E-state index in [-0.39, 0.29) is 18.0 Å². The van der Waals surface area contributed by atoms with Gasteiger partial charge in [-0.25, -0.2) is 0 Å². The molecule has 1 rings (SSSR count). The lowest BCUT2D eigenvalue weighted by molar-refractivity contribution is -0.138. The highest BCUT2D eigenvalue weighted by molar-refractivity contribution is 8.00. The molecule has 20 heavy (non-hydrogen) atoms. The van der Waals surface area contributed by atoms with Gasteiger partial charge in [0, 0.05) is 29.6 Å². The Kier molecular flexibility index (Phi) is 6.17. The number of carbonyl (C=O) groups is 3. The number of pyridine rings is 1. The smallest absolute Gasteiger partial charge is 0.316 e. The third-order valence-electron chi connectivity index (χ3n) is 2.65. The van der Waals surface area contributed by atoms with Gasteiger partial charge in [-0.2, -0.15) is 0 Å². The fraction of sp³-hybridized carbons (Fsp3) is 0.385. The number of hydrogen-bond donors (Lipinski definition) is 2. The Balaban J connectivity index is 2.76. The maximum Gasteiger partial charge on any atom is 0.316 e. The first kappa shape index (κ1) is 16.2. The molecule has 1 aromatic heterocycles. The van der Waals surface area contributed by atoms with E-state index in [1.807, 2.05) is 0 Å². The molecule has 0 aliphatic heterocycles. The number of carboxylic acid groups (broad SMARTS) is 2. The summed E-state index contributed by atoms with van der Waals surface area (Å²) in [6, 6.07) is 3.03. The molecule has 2 atom stereocenters. The van der Waals surface area contributed by atoms with Crippen molar-refractivity contribution in [2.45, 2.75) is 18.6 Å². The van der Waals surface area contributed by atoms with Gasteiger partial charge < -0.3 is 10.2 Å². The van der Waals surface area contributed by atoms with E-state index in [4.69, 9.17) is 10.2 Å². The first-order valence-corrected chi connectivity index (χ1v) is 6.97. The third-order valence-corrected chi connectivity index (χ3v) is 3.95. The molecule has 2 N–H and O–H groups in total. The molecule has 0 radical (unpaired) electrons. The molecule has 0 saturated heterocycles. The topological polar surface area (TPSA) is 105 Å². The highest BCUT2D eigenvalue weighted by atomic mass is 32.2. The molecule has 0 saturated carbocycles. The lowest BCUT2D eigenvalue weighted by Crippen LogP contribution is -2.23. The first-order valence-electron chi connectivity index (χ1n) is 5.92. The molecule has 0 spiro atoms. The summed E-state index contributed by atoms with van der Waals surface area (Å²) in [5.41, 5.74) is 0.384. The SMILES string of the molecule is CC(SCC(CC(=O)O)C(=O)c1ccncc1)C(=O)O. The Morgan fingerprint density at radius 1 is 1.25 bits per heavy atom. The number of thioether (sulfide) groups is 1. The lowest BCUT2D eigenvalue weighted by Gasteiger charge is -2.15. The highest BCUT2D eigenvalue weighted by Crippen LogP contribution is 2.21. The van der Waals surface area contributed by atoms with Crippen LogP contribution < -0.4 is 0 Å². The molecular weight excluding hydrogens is 282 g/mol. The predicted molar refractivity (Wildman–Crippen MR) is 73.9 cm³/mol. The van der Waals surface area contributed by atoms with Crippen molar-refractivity contribution in [1.29, 1.82) is 0 Å². The van der Waals surface area contributed by atoms with Crippen molar-refractivity contribution in [2.75, 3.05) is 5.75 Å². The first-order chi connectivity index (χ1) is 9.41. The standard InChI is InChI=1S/C13H15NO5S/c1-8(13(18)19)20-7-10(6-11(15)16)12(17)9-2-4-14-5-3-9/h2-5,8,10H,6-7H2,1H3,(H,15,16)(H,18,19). The third kappa shape index (κ3) is 5.00. The van der Waals surface area contributed by atoms with Gasteiger partial charge in [-0.15, -0.1) is 11.8 Å². The number of carbonyl (C=O) groups excluding carboxylic acids is 1. The van der Waals surface area contributed by atoms with Gasteiger partial charge in [0.25, 0.3) is 0 Å². The van der Waals surface area contributed by atoms with Crippen LogP contribution in [0.15, 0.2) is 24.5 Å². The van der Waals surface area contributed by atoms with Gasteiger partial charge in [0.2, 0.25) is 0 Å². The molecule has 1 aromatic rings. The average molecular weight is 297 g/mol. The number of nitrogens with zero attached hydrogens (tertiary/aromatic N) is 1. The van der Waals surface area contributed by atoms with Gasteiger partial charge in [0.1, 0.15) is 0 Å². The minimum atomic E-state index is -1.08. The maximum absolute atomic E-state index is 12.2. The normalized spacial score (nSPS) is 13.4. The number of ketones is 1. The molecule has 0 aliphatic rings. The Morgan fingerprint density at radius 2 is 1.85 bits per heavy atom. The fourth-order valence-corrected chi connectivity index (χ4v) is 2.45. The lowest BCUT2D eigenvalue weighted by atomic mass is 9.97. The average Bonchev–Trinajstić information content (AvgIpc) is 2.42. The molecule has 0 aromatic carbocycles. The number of aromatic nitrogens is 1. The number of Topliss-reactive ketones (excluding diaryl/α,β-unsaturated/α-hetero) is 1. The van der Waals surface area contributed by atoms with E-state index in [1.165, 1.54) is 31.5 Å². The summed E-state index contributed by atoms with van der Waals surface area (Å²) in [4.78, 5) is 37.6. The van der Waals surface area contributed by atoms with Gasteiger partial charge in [0.15, 0.2) is 5.78 Å². The summed E-state index contributed by atoms with van der Waals surface area (Å²) in [6.45, 7) is 1.50. The number of hydrogen-bond acceptors (Lipinski definition) is 5. The summed E-state index contributed by atoms with van der Waals surface area (Å²) < 4.78 is 0. The summed E-state index contributed by atoms with van der Waals surface area (Å²) in [7, 11) is 0. The van der Waals surface area contributed by atoms with E-state index >= 15 is 0 Å². The highest BCUT2D eigenvalue weighted by Gasteiger charge is 2.25. The molecule has 1 heterocycles. The van der Waals surface area contributed by atoms with Crippen LogP contribution >= 0.6 is 11.8 Å². The quantitative estimate of drug-likeness (QED) is 0.701. The minimum Gasteiger partial charge on any atom is -0.481 e. The summed E-state index contributed by atoms with van der Waals surface area (Å²) in [6.07, 6.45) is 2.59. The van der Waals surface area contributed by atoms with E-state index in [0.29, 0.717) is 5.56 Å². The Labute approximate surface area is 120 Å². The van der Waals surface area contributed by atoms with Crippen molar-refractivity contribution in [3.8, 4) is 0 Å². The number of rotatable bonds is 8. The molecule has 7 heteroatoms. The van der Waals surface area contributed by atoms with Crippen molar-refractivity contribution in [1.82, 2.24) is 4.98 Å². The van der Waals surface area contributed by atoms with Crippen LogP contribution in [0.3, 0.4) is 0 Å². The molecule has 0 bridgehead atoms. The Hall–Kier alpha value is -1.89. The second kappa shape index (κ2) is 7.64. The zero-order valence-electron chi connectivity index (χ0n) is 10.9. The van der Waals surface area contributed by atoms with Gasteiger partial charge in [-0.05, 0) is 19.1 Å². The summed E-state index contributed by atoms with van der Waals surface area (Å²) >= 11 is 1.06. The van der Waals surface area contributed by atoms with Crippen molar-refractivity contribution in [3.63, 3.8) is 0 Å². The zero-order chi connectivity index (χ0) is 15.1. The second-order valence-corrected chi connectivity index (χ2v) is 5.58. The van der Waals surface area contributed by atoms with Gasteiger partial charge in [0.05, 0.1) is 11.7 Å². The van der Waals surface area contributed by atoms with E-state index in [9.17, 15) is 14.4 Å². The number of carboxylic acids is 2. The molecule has 0 amide bonds. The van der Waals surface area contributed by atoms with Crippen LogP contribution in [0.5, 0.6) is 0 Å². The van der Waals surface area contributed by atoms with Crippen molar-refractivity contribution < 1.29 is 24.6 Å². The second-order valence-electron chi connectivity index (χ2n) is 4.21. The minimum absolute atomic E-state index is 0.154. The largest absolute Gasteiger partial charge is 0.481 e. The van der Waals surface area contributed by atoms with Crippen LogP contribution in [0.25, 0.3) is 0 Å². The van der Waals surface area contributed by atoms with Crippen LogP contribution in [-0.2, 0) is 9.59 Å². The summed E-state index contributed by atoms with van der Waals surface area (Å²) in [5.74, 6) is -2.97. The van der Waals surface area contributed by atoms with Gasteiger partial charge in [-0.3, -0.25) is 19.4 Å². The van der Waals surface area contributed by atoms with Crippen molar-refractivity contribution in [2.24, 2.45) is 5.92 Å². The molecule has 0 aliphatic carbocycles. The van der Waals surface area contributed by atoms with Crippen molar-refractivity contribution >= 4 is 29.5 Å². The molecule has 108 valence electrons. The molecule has 2 unspecified atom stereocenters. The van der Waals surface area contributed by atoms with E-state index in [1.54, 1.807) is 0 Å². The van der Waals surface area contributed by atoms with Crippen LogP contribution in [0, 0.1) is 5.92 Å². The van der Waals surface area contributed by atoms with Crippen LogP contribution in [0.2, 0.25) is 0 Å². The summed E-state index contributed by atoms with van der Waals surface area (Å²) in [5, 5.41) is 17.0. The van der Waals surface area contributed by atoms with Gasteiger partial charge >= 0.3 is 11.9 Å². The van der Waals surface area contributed by atoms with Gasteiger partial charge in [-0.1, -0.05) is 0 Å². The number of aliphatic carboxylic acids is 2. The van der Waals surface area contributed by atoms with Crippen LogP contribution in [0.4, 0.5) is 0 Å². The Morgan fingerprint density at radius 3 is 2.35 bits per heavy atom. The molecule has 0 fully saturated rings. The van der Waals surface area contributed by atoms with E-state index < -0.39 is 23.1 Å². The Bertz CT molecular complexity index is 491. The molecular formula is C13H15NO5S. The molecule has 6 nitrogen and oxygen atoms in total. The van der Waals surface area contributed by atoms with E-state index in [2.05, 4.69) is 4.98 Å². The van der Waals surface area contributed by atoms with Crippen LogP contribution in [-0.4, -0.2) is 43.9 Å². The zero-order valence-corrected chi connectivity index (χ0v) is 11.7. The maximum atomic E-state index is 12.2. The van der Waals surface area contributed by atoms with Crippen molar-refractivity contribution in [3.05, 3.63) is 30.1 Å². The van der Waals surface area contributed by atoms with E-state index in [0.717, 1.165) is 11.8 Å². The fourth-order valence-electron chi connectivity index (χ4n) is 1.52. The predicted octanol–water partition coefficient (Wildman–Crippen LogP) is 1.56.